The fourth-order valence-electron chi connectivity index (χ4n) is 2.15. The highest BCUT2D eigenvalue weighted by Crippen LogP contribution is 2.24. The first-order chi connectivity index (χ1) is 11.7. The van der Waals surface area contributed by atoms with Gasteiger partial charge in [-0.05, 0) is 36.2 Å². The van der Waals surface area contributed by atoms with Crippen LogP contribution in [0.25, 0.3) is 11.4 Å². The van der Waals surface area contributed by atoms with Gasteiger partial charge in [0, 0.05) is 5.56 Å². The molecule has 0 spiro atoms. The van der Waals surface area contributed by atoms with E-state index in [1.165, 1.54) is 0 Å². The summed E-state index contributed by atoms with van der Waals surface area (Å²) in [5.41, 5.74) is 2.31. The number of benzene rings is 2. The summed E-state index contributed by atoms with van der Waals surface area (Å²) in [6.45, 7) is 1.96. The zero-order chi connectivity index (χ0) is 16.9. The van der Waals surface area contributed by atoms with Gasteiger partial charge in [0.25, 0.3) is 5.89 Å². The zero-order valence-electron chi connectivity index (χ0n) is 13.0. The largest absolute Gasteiger partial charge is 0.452 e. The summed E-state index contributed by atoms with van der Waals surface area (Å²) in [5.74, 6) is 0.137. The average Bonchev–Trinajstić information content (AvgIpc) is 3.09. The van der Waals surface area contributed by atoms with Crippen LogP contribution in [0, 0.1) is 0 Å². The maximum atomic E-state index is 12.0. The number of hydrogen-bond donors (Lipinski definition) is 0. The van der Waals surface area contributed by atoms with Crippen LogP contribution in [0.15, 0.2) is 53.1 Å². The molecule has 0 aliphatic carbocycles. The third-order valence-electron chi connectivity index (χ3n) is 3.51. The van der Waals surface area contributed by atoms with Crippen molar-refractivity contribution in [2.45, 2.75) is 20.0 Å². The second-order valence-corrected chi connectivity index (χ2v) is 5.53. The van der Waals surface area contributed by atoms with Crippen molar-refractivity contribution in [1.82, 2.24) is 10.1 Å². The van der Waals surface area contributed by atoms with Crippen LogP contribution in [0.5, 0.6) is 0 Å². The molecule has 0 N–H and O–H groups in total. The van der Waals surface area contributed by atoms with Crippen molar-refractivity contribution in [3.8, 4) is 11.4 Å². The van der Waals surface area contributed by atoms with Crippen LogP contribution in [0.2, 0.25) is 5.02 Å². The molecule has 0 saturated carbocycles. The third kappa shape index (κ3) is 3.63. The van der Waals surface area contributed by atoms with Crippen molar-refractivity contribution < 1.29 is 14.1 Å². The second-order valence-electron chi connectivity index (χ2n) is 5.12. The van der Waals surface area contributed by atoms with Gasteiger partial charge in [0.05, 0.1) is 10.6 Å². The highest BCUT2D eigenvalue weighted by atomic mass is 35.5. The molecule has 0 saturated heterocycles. The van der Waals surface area contributed by atoms with Gasteiger partial charge in [-0.15, -0.1) is 0 Å². The fourth-order valence-corrected chi connectivity index (χ4v) is 2.37. The van der Waals surface area contributed by atoms with Crippen molar-refractivity contribution in [2.75, 3.05) is 0 Å². The predicted octanol–water partition coefficient (Wildman–Crippen LogP) is 4.31. The Kier molecular flexibility index (Phi) is 4.91. The van der Waals surface area contributed by atoms with E-state index in [0.717, 1.165) is 12.0 Å². The Morgan fingerprint density at radius 3 is 2.62 bits per heavy atom. The number of carbonyl (C=O) groups excluding carboxylic acids is 1. The molecule has 5 nitrogen and oxygen atoms in total. The summed E-state index contributed by atoms with van der Waals surface area (Å²) in [4.78, 5) is 16.2. The Morgan fingerprint density at radius 2 is 1.92 bits per heavy atom. The fraction of sp³-hybridized carbons (Fsp3) is 0.167. The minimum Gasteiger partial charge on any atom is -0.452 e. The minimum atomic E-state index is -0.435. The molecule has 0 atom stereocenters. The molecule has 0 bridgehead atoms. The second kappa shape index (κ2) is 7.27. The van der Waals surface area contributed by atoms with Gasteiger partial charge < -0.3 is 9.26 Å². The maximum absolute atomic E-state index is 12.0. The molecular formula is C18H15ClN2O3. The monoisotopic (exact) mass is 342 g/mol. The lowest BCUT2D eigenvalue weighted by Gasteiger charge is -2.02. The number of halogens is 1. The molecule has 6 heteroatoms. The number of aromatic nitrogens is 2. The third-order valence-corrected chi connectivity index (χ3v) is 3.84. The van der Waals surface area contributed by atoms with Gasteiger partial charge in [-0.3, -0.25) is 0 Å². The van der Waals surface area contributed by atoms with E-state index in [9.17, 15) is 4.79 Å². The molecule has 3 rings (SSSR count). The average molecular weight is 343 g/mol. The van der Waals surface area contributed by atoms with Crippen LogP contribution < -0.4 is 0 Å². The zero-order valence-corrected chi connectivity index (χ0v) is 13.8. The van der Waals surface area contributed by atoms with E-state index in [0.29, 0.717) is 22.0 Å². The molecule has 0 aliphatic rings. The van der Waals surface area contributed by atoms with E-state index in [2.05, 4.69) is 17.1 Å². The standard InChI is InChI=1S/C18H15ClN2O3/c1-2-12-7-9-13(10-8-12)18(22)23-11-16-20-17(21-24-16)14-5-3-4-6-15(14)19/h3-10H,2,11H2,1H3. The maximum Gasteiger partial charge on any atom is 0.338 e. The van der Waals surface area contributed by atoms with Crippen LogP contribution in [0.1, 0.15) is 28.7 Å². The molecule has 1 aromatic heterocycles. The van der Waals surface area contributed by atoms with Gasteiger partial charge in [0.1, 0.15) is 0 Å². The summed E-state index contributed by atoms with van der Waals surface area (Å²) in [6.07, 6.45) is 0.919. The van der Waals surface area contributed by atoms with Crippen molar-refractivity contribution >= 4 is 17.6 Å². The molecule has 3 aromatic rings. The molecular weight excluding hydrogens is 328 g/mol. The highest BCUT2D eigenvalue weighted by Gasteiger charge is 2.14. The minimum absolute atomic E-state index is 0.0915. The van der Waals surface area contributed by atoms with Gasteiger partial charge >= 0.3 is 5.97 Å². The summed E-state index contributed by atoms with van der Waals surface area (Å²) < 4.78 is 10.3. The number of carbonyl (C=O) groups is 1. The molecule has 0 fully saturated rings. The van der Waals surface area contributed by atoms with Crippen LogP contribution in [-0.2, 0) is 17.8 Å². The molecule has 122 valence electrons. The van der Waals surface area contributed by atoms with E-state index in [1.54, 1.807) is 24.3 Å². The normalized spacial score (nSPS) is 10.6. The topological polar surface area (TPSA) is 65.2 Å². The number of hydrogen-bond acceptors (Lipinski definition) is 5. The van der Waals surface area contributed by atoms with Crippen LogP contribution in [0.4, 0.5) is 0 Å². The van der Waals surface area contributed by atoms with Crippen LogP contribution in [0.3, 0.4) is 0 Å². The van der Waals surface area contributed by atoms with E-state index in [1.807, 2.05) is 24.3 Å². The molecule has 0 radical (unpaired) electrons. The van der Waals surface area contributed by atoms with Gasteiger partial charge in [-0.2, -0.15) is 4.98 Å². The summed E-state index contributed by atoms with van der Waals surface area (Å²) in [6, 6.07) is 14.5. The molecule has 0 aliphatic heterocycles. The van der Waals surface area contributed by atoms with E-state index in [4.69, 9.17) is 20.9 Å². The Labute approximate surface area is 144 Å². The number of aryl methyl sites for hydroxylation is 1. The van der Waals surface area contributed by atoms with Crippen molar-refractivity contribution in [1.29, 1.82) is 0 Å². The molecule has 2 aromatic carbocycles. The van der Waals surface area contributed by atoms with Crippen LogP contribution in [-0.4, -0.2) is 16.1 Å². The Balaban J connectivity index is 1.65. The molecule has 24 heavy (non-hydrogen) atoms. The molecule has 0 amide bonds. The van der Waals surface area contributed by atoms with Crippen LogP contribution >= 0.6 is 11.6 Å². The van der Waals surface area contributed by atoms with Gasteiger partial charge in [0.2, 0.25) is 5.82 Å². The lowest BCUT2D eigenvalue weighted by Crippen LogP contribution is -2.05. The van der Waals surface area contributed by atoms with E-state index < -0.39 is 5.97 Å². The van der Waals surface area contributed by atoms with E-state index >= 15 is 0 Å². The van der Waals surface area contributed by atoms with Crippen molar-refractivity contribution in [3.63, 3.8) is 0 Å². The lowest BCUT2D eigenvalue weighted by molar-refractivity contribution is 0.0430. The summed E-state index contributed by atoms with van der Waals surface area (Å²) in [7, 11) is 0. The first-order valence-corrected chi connectivity index (χ1v) is 7.88. The van der Waals surface area contributed by atoms with Gasteiger partial charge in [-0.25, -0.2) is 4.79 Å². The molecule has 0 unspecified atom stereocenters. The Bertz CT molecular complexity index is 843. The van der Waals surface area contributed by atoms with Crippen molar-refractivity contribution in [2.24, 2.45) is 0 Å². The Hall–Kier alpha value is -2.66. The number of nitrogens with zero attached hydrogens (tertiary/aromatic N) is 2. The van der Waals surface area contributed by atoms with Gasteiger partial charge in [0.15, 0.2) is 6.61 Å². The highest BCUT2D eigenvalue weighted by molar-refractivity contribution is 6.33. The summed E-state index contributed by atoms with van der Waals surface area (Å²) >= 11 is 6.09. The number of rotatable bonds is 5. The van der Waals surface area contributed by atoms with E-state index in [-0.39, 0.29) is 12.5 Å². The Morgan fingerprint density at radius 1 is 1.17 bits per heavy atom. The number of esters is 1. The first-order valence-electron chi connectivity index (χ1n) is 7.51. The van der Waals surface area contributed by atoms with Crippen molar-refractivity contribution in [3.05, 3.63) is 70.6 Å². The predicted molar refractivity (Wildman–Crippen MR) is 89.7 cm³/mol. The lowest BCUT2D eigenvalue weighted by atomic mass is 10.1. The first kappa shape index (κ1) is 16.2. The quantitative estimate of drug-likeness (QED) is 0.646. The summed E-state index contributed by atoms with van der Waals surface area (Å²) in [5, 5.41) is 4.38. The smallest absolute Gasteiger partial charge is 0.338 e. The number of ether oxygens (including phenoxy) is 1. The molecule has 1 heterocycles. The SMILES string of the molecule is CCc1ccc(C(=O)OCc2nc(-c3ccccc3Cl)no2)cc1. The van der Waals surface area contributed by atoms with Gasteiger partial charge in [-0.1, -0.05) is 47.9 Å².